The van der Waals surface area contributed by atoms with Gasteiger partial charge in [0.05, 0.1) is 18.7 Å². The molecule has 1 aliphatic rings. The number of nitrogens with zero attached hydrogens (tertiary/aromatic N) is 2. The quantitative estimate of drug-likeness (QED) is 0.910. The lowest BCUT2D eigenvalue weighted by Crippen LogP contribution is -2.65. The van der Waals surface area contributed by atoms with Crippen LogP contribution in [0.2, 0.25) is 10.0 Å². The average molecular weight is 361 g/mol. The maximum Gasteiger partial charge on any atom is 0.255 e. The fourth-order valence-electron chi connectivity index (χ4n) is 3.19. The van der Waals surface area contributed by atoms with E-state index in [2.05, 4.69) is 6.07 Å². The van der Waals surface area contributed by atoms with Gasteiger partial charge in [-0.25, -0.2) is 0 Å². The van der Waals surface area contributed by atoms with E-state index in [4.69, 9.17) is 23.2 Å². The first kappa shape index (κ1) is 16.8. The minimum absolute atomic E-state index is 0.222. The minimum atomic E-state index is -0.644. The number of carbonyl (C=O) groups is 1. The molecule has 0 saturated carbocycles. The van der Waals surface area contributed by atoms with Crippen LogP contribution in [0.15, 0.2) is 48.5 Å². The highest BCUT2D eigenvalue weighted by molar-refractivity contribution is 6.35. The van der Waals surface area contributed by atoms with E-state index in [1.54, 1.807) is 0 Å². The fraction of sp³-hybridized carbons (Fsp3) is 0.222. The van der Waals surface area contributed by atoms with Gasteiger partial charge in [-0.1, -0.05) is 53.5 Å². The zero-order valence-corrected chi connectivity index (χ0v) is 14.1. The monoisotopic (exact) mass is 360 g/mol. The Bertz CT molecular complexity index is 784. The van der Waals surface area contributed by atoms with Crippen LogP contribution in [0.25, 0.3) is 0 Å². The van der Waals surface area contributed by atoms with Crippen LogP contribution < -0.4 is 0 Å². The summed E-state index contributed by atoms with van der Waals surface area (Å²) in [5.41, 5.74) is 1.23. The Kier molecular flexibility index (Phi) is 4.77. The van der Waals surface area contributed by atoms with Crippen LogP contribution in [0.3, 0.4) is 0 Å². The van der Waals surface area contributed by atoms with E-state index in [1.807, 2.05) is 30.3 Å². The molecular weight excluding hydrogens is 347 g/mol. The molecule has 3 atom stereocenters. The molecule has 0 radical (unpaired) electrons. The molecule has 0 aromatic heterocycles. The summed E-state index contributed by atoms with van der Waals surface area (Å²) in [4.78, 5) is 14.2. The summed E-state index contributed by atoms with van der Waals surface area (Å²) in [5, 5.41) is 20.0. The molecule has 0 spiro atoms. The third-order valence-electron chi connectivity index (χ3n) is 4.26. The lowest BCUT2D eigenvalue weighted by Gasteiger charge is -2.51. The number of amides is 1. The summed E-state index contributed by atoms with van der Waals surface area (Å²) in [6, 6.07) is 15.1. The Morgan fingerprint density at radius 3 is 2.33 bits per heavy atom. The number of carbonyl (C=O) groups excluding carboxylic acids is 1. The standard InChI is InChI=1S/C18H14Cl2N2O2/c19-13-6-12(7-14(20)8-13)18(24)22-15(9-21)17(16(22)10-23)11-4-2-1-3-5-11/h1-8,15-17,23H,10H2/t15-,16-,17+/m1/s1. The third-order valence-corrected chi connectivity index (χ3v) is 4.70. The summed E-state index contributed by atoms with van der Waals surface area (Å²) >= 11 is 11.9. The average Bonchev–Trinajstić information content (AvgIpc) is 2.54. The summed E-state index contributed by atoms with van der Waals surface area (Å²) in [6.07, 6.45) is 0. The molecule has 4 nitrogen and oxygen atoms in total. The molecule has 6 heteroatoms. The molecule has 24 heavy (non-hydrogen) atoms. The highest BCUT2D eigenvalue weighted by atomic mass is 35.5. The molecule has 2 aromatic rings. The number of rotatable bonds is 3. The molecule has 3 rings (SSSR count). The predicted molar refractivity (Wildman–Crippen MR) is 92.1 cm³/mol. The second kappa shape index (κ2) is 6.82. The van der Waals surface area contributed by atoms with E-state index >= 15 is 0 Å². The third kappa shape index (κ3) is 2.87. The first-order valence-electron chi connectivity index (χ1n) is 7.41. The molecule has 1 N–H and O–H groups in total. The van der Waals surface area contributed by atoms with Gasteiger partial charge in [0.2, 0.25) is 0 Å². The van der Waals surface area contributed by atoms with Crippen LogP contribution in [0, 0.1) is 11.3 Å². The van der Waals surface area contributed by atoms with Crippen molar-refractivity contribution in [2.75, 3.05) is 6.61 Å². The smallest absolute Gasteiger partial charge is 0.255 e. The van der Waals surface area contributed by atoms with Gasteiger partial charge in [-0.15, -0.1) is 0 Å². The van der Waals surface area contributed by atoms with Crippen molar-refractivity contribution in [1.82, 2.24) is 4.90 Å². The zero-order chi connectivity index (χ0) is 17.3. The van der Waals surface area contributed by atoms with Crippen LogP contribution in [-0.4, -0.2) is 34.6 Å². The lowest BCUT2D eigenvalue weighted by atomic mass is 9.75. The Hall–Kier alpha value is -2.06. The molecule has 1 amide bonds. The molecule has 0 bridgehead atoms. The number of halogens is 2. The van der Waals surface area contributed by atoms with Crippen LogP contribution in [0.4, 0.5) is 0 Å². The summed E-state index contributed by atoms with van der Waals surface area (Å²) in [6.45, 7) is -0.224. The largest absolute Gasteiger partial charge is 0.394 e. The maximum absolute atomic E-state index is 12.8. The van der Waals surface area contributed by atoms with Crippen molar-refractivity contribution in [1.29, 1.82) is 5.26 Å². The number of hydrogen-bond acceptors (Lipinski definition) is 3. The summed E-state index contributed by atoms with van der Waals surface area (Å²) < 4.78 is 0. The fourth-order valence-corrected chi connectivity index (χ4v) is 3.71. The molecule has 1 fully saturated rings. The van der Waals surface area contributed by atoms with Crippen molar-refractivity contribution in [3.63, 3.8) is 0 Å². The van der Waals surface area contributed by atoms with Crippen LogP contribution in [0.1, 0.15) is 21.8 Å². The zero-order valence-electron chi connectivity index (χ0n) is 12.6. The number of aliphatic hydroxyl groups excluding tert-OH is 1. The predicted octanol–water partition coefficient (Wildman–Crippen LogP) is 3.49. The Morgan fingerprint density at radius 1 is 1.17 bits per heavy atom. The number of likely N-dealkylation sites (tertiary alicyclic amines) is 1. The first-order valence-corrected chi connectivity index (χ1v) is 8.16. The van der Waals surface area contributed by atoms with Gasteiger partial charge in [0.25, 0.3) is 5.91 Å². The summed E-state index contributed by atoms with van der Waals surface area (Å²) in [7, 11) is 0. The van der Waals surface area contributed by atoms with Crippen molar-refractivity contribution in [2.24, 2.45) is 0 Å². The van der Waals surface area contributed by atoms with Gasteiger partial charge in [-0.2, -0.15) is 5.26 Å². The molecular formula is C18H14Cl2N2O2. The normalized spacial score (nSPS) is 22.6. The number of hydrogen-bond donors (Lipinski definition) is 1. The Morgan fingerprint density at radius 2 is 1.79 bits per heavy atom. The van der Waals surface area contributed by atoms with E-state index in [0.717, 1.165) is 5.56 Å². The highest BCUT2D eigenvalue weighted by Crippen LogP contribution is 2.41. The molecule has 1 heterocycles. The molecule has 0 aliphatic carbocycles. The van der Waals surface area contributed by atoms with E-state index in [9.17, 15) is 15.2 Å². The van der Waals surface area contributed by atoms with Crippen molar-refractivity contribution < 1.29 is 9.90 Å². The minimum Gasteiger partial charge on any atom is -0.394 e. The van der Waals surface area contributed by atoms with Crippen molar-refractivity contribution in [2.45, 2.75) is 18.0 Å². The lowest BCUT2D eigenvalue weighted by molar-refractivity contribution is -0.00585. The van der Waals surface area contributed by atoms with E-state index in [-0.39, 0.29) is 18.4 Å². The van der Waals surface area contributed by atoms with E-state index in [1.165, 1.54) is 23.1 Å². The molecule has 1 aliphatic heterocycles. The second-order valence-electron chi connectivity index (χ2n) is 5.63. The van der Waals surface area contributed by atoms with E-state index < -0.39 is 12.1 Å². The topological polar surface area (TPSA) is 64.3 Å². The van der Waals surface area contributed by atoms with Crippen molar-refractivity contribution in [3.8, 4) is 6.07 Å². The van der Waals surface area contributed by atoms with Crippen LogP contribution >= 0.6 is 23.2 Å². The van der Waals surface area contributed by atoms with Crippen molar-refractivity contribution >= 4 is 29.1 Å². The number of nitriles is 1. The van der Waals surface area contributed by atoms with Gasteiger partial charge in [-0.3, -0.25) is 4.79 Å². The highest BCUT2D eigenvalue weighted by Gasteiger charge is 2.51. The van der Waals surface area contributed by atoms with Crippen molar-refractivity contribution in [3.05, 3.63) is 69.7 Å². The molecule has 122 valence electrons. The van der Waals surface area contributed by atoms with Gasteiger partial charge in [0, 0.05) is 21.5 Å². The van der Waals surface area contributed by atoms with Crippen LogP contribution in [0.5, 0.6) is 0 Å². The van der Waals surface area contributed by atoms with E-state index in [0.29, 0.717) is 15.6 Å². The Labute approximate surface area is 149 Å². The second-order valence-corrected chi connectivity index (χ2v) is 6.50. The maximum atomic E-state index is 12.8. The number of benzene rings is 2. The summed E-state index contributed by atoms with van der Waals surface area (Å²) in [5.74, 6) is -0.586. The van der Waals surface area contributed by atoms with Gasteiger partial charge in [-0.05, 0) is 23.8 Å². The van der Waals surface area contributed by atoms with Gasteiger partial charge in [0.15, 0.2) is 0 Å². The Balaban J connectivity index is 1.93. The first-order chi connectivity index (χ1) is 11.6. The number of aliphatic hydroxyl groups is 1. The SMILES string of the molecule is N#C[C@@H]1[C@H](c2ccccc2)[C@@H](CO)N1C(=O)c1cc(Cl)cc(Cl)c1. The van der Waals surface area contributed by atoms with Gasteiger partial charge < -0.3 is 10.0 Å². The van der Waals surface area contributed by atoms with Gasteiger partial charge >= 0.3 is 0 Å². The molecule has 2 aromatic carbocycles. The molecule has 1 saturated heterocycles. The van der Waals surface area contributed by atoms with Gasteiger partial charge in [0.1, 0.15) is 6.04 Å². The molecule has 0 unspecified atom stereocenters. The van der Waals surface area contributed by atoms with Crippen LogP contribution in [-0.2, 0) is 0 Å².